The van der Waals surface area contributed by atoms with E-state index in [4.69, 9.17) is 9.47 Å². The van der Waals surface area contributed by atoms with Gasteiger partial charge in [-0.2, -0.15) is 5.26 Å². The Hall–Kier alpha value is -2.78. The number of hydrogen-bond acceptors (Lipinski definition) is 8. The number of nitrogens with zero attached hydrogens (tertiary/aromatic N) is 2. The Labute approximate surface area is 216 Å². The molecule has 2 aromatic carbocycles. The molecule has 1 aromatic heterocycles. The summed E-state index contributed by atoms with van der Waals surface area (Å²) in [5.74, 6) is 0. The topological polar surface area (TPSA) is 104 Å². The number of rotatable bonds is 11. The number of morpholine rings is 1. The molecule has 0 saturated carbocycles. The van der Waals surface area contributed by atoms with Crippen LogP contribution in [0.4, 0.5) is 5.69 Å². The van der Waals surface area contributed by atoms with Crippen LogP contribution in [-0.2, 0) is 19.5 Å². The standard InChI is InChI=1S/C26H30N4O4S2/c1-33-13-9-29-36(31,32)25(19-27)18-24-6-7-26(35-24)22-3-2-21-17-23(5-4-20(21)16-22)28-8-10-30-11-14-34-15-12-30/h2-7,16-18,28-29H,8-15H2,1H3/b25-18+. The first-order chi connectivity index (χ1) is 17.5. The maximum Gasteiger partial charge on any atom is 0.250 e. The molecular weight excluding hydrogens is 496 g/mol. The van der Waals surface area contributed by atoms with Gasteiger partial charge in [-0.15, -0.1) is 11.3 Å². The molecule has 0 aliphatic carbocycles. The fraction of sp³-hybridized carbons (Fsp3) is 0.346. The van der Waals surface area contributed by atoms with Crippen LogP contribution in [0.25, 0.3) is 27.3 Å². The van der Waals surface area contributed by atoms with E-state index >= 15 is 0 Å². The van der Waals surface area contributed by atoms with Crippen molar-refractivity contribution < 1.29 is 17.9 Å². The highest BCUT2D eigenvalue weighted by atomic mass is 32.2. The molecule has 4 rings (SSSR count). The molecule has 0 spiro atoms. The number of nitriles is 1. The Morgan fingerprint density at radius 3 is 2.69 bits per heavy atom. The van der Waals surface area contributed by atoms with Crippen LogP contribution >= 0.6 is 11.3 Å². The highest BCUT2D eigenvalue weighted by Crippen LogP contribution is 2.32. The van der Waals surface area contributed by atoms with E-state index in [0.717, 1.165) is 66.3 Å². The molecule has 1 saturated heterocycles. The van der Waals surface area contributed by atoms with E-state index < -0.39 is 10.0 Å². The Morgan fingerprint density at radius 1 is 1.14 bits per heavy atom. The predicted octanol–water partition coefficient (Wildman–Crippen LogP) is 3.74. The zero-order chi connectivity index (χ0) is 25.4. The third-order valence-corrected chi connectivity index (χ3v) is 8.34. The highest BCUT2D eigenvalue weighted by molar-refractivity contribution is 7.93. The number of hydrogen-bond donors (Lipinski definition) is 2. The van der Waals surface area contributed by atoms with Crippen LogP contribution in [0.1, 0.15) is 4.88 Å². The van der Waals surface area contributed by atoms with Crippen molar-refractivity contribution in [1.82, 2.24) is 9.62 Å². The van der Waals surface area contributed by atoms with E-state index in [-0.39, 0.29) is 18.1 Å². The molecule has 1 fully saturated rings. The minimum Gasteiger partial charge on any atom is -0.384 e. The summed E-state index contributed by atoms with van der Waals surface area (Å²) in [6.45, 7) is 5.81. The fourth-order valence-electron chi connectivity index (χ4n) is 3.93. The van der Waals surface area contributed by atoms with Gasteiger partial charge in [-0.1, -0.05) is 18.2 Å². The molecule has 0 atom stereocenters. The lowest BCUT2D eigenvalue weighted by molar-refractivity contribution is 0.0398. The van der Waals surface area contributed by atoms with Gasteiger partial charge in [-0.05, 0) is 52.7 Å². The first kappa shape index (κ1) is 26.3. The largest absolute Gasteiger partial charge is 0.384 e. The molecular formula is C26H30N4O4S2. The van der Waals surface area contributed by atoms with Gasteiger partial charge >= 0.3 is 0 Å². The second kappa shape index (κ2) is 12.5. The van der Waals surface area contributed by atoms with Gasteiger partial charge in [0.25, 0.3) is 10.0 Å². The third-order valence-electron chi connectivity index (χ3n) is 5.88. The average molecular weight is 527 g/mol. The van der Waals surface area contributed by atoms with Crippen LogP contribution in [0.2, 0.25) is 0 Å². The number of benzene rings is 2. The second-order valence-corrected chi connectivity index (χ2v) is 11.2. The average Bonchev–Trinajstić information content (AvgIpc) is 3.36. The zero-order valence-electron chi connectivity index (χ0n) is 20.2. The van der Waals surface area contributed by atoms with Crippen LogP contribution in [0.3, 0.4) is 0 Å². The first-order valence-electron chi connectivity index (χ1n) is 11.8. The maximum atomic E-state index is 12.4. The Kier molecular flexibility index (Phi) is 9.09. The number of anilines is 1. The molecule has 2 heterocycles. The summed E-state index contributed by atoms with van der Waals surface area (Å²) in [7, 11) is -2.40. The van der Waals surface area contributed by atoms with Crippen molar-refractivity contribution in [2.75, 3.05) is 65.0 Å². The van der Waals surface area contributed by atoms with Crippen molar-refractivity contribution in [1.29, 1.82) is 5.26 Å². The number of allylic oxidation sites excluding steroid dienone is 1. The van der Waals surface area contributed by atoms with E-state index in [2.05, 4.69) is 51.3 Å². The first-order valence-corrected chi connectivity index (χ1v) is 14.1. The summed E-state index contributed by atoms with van der Waals surface area (Å²) in [6.07, 6.45) is 1.40. The molecule has 1 aliphatic heterocycles. The summed E-state index contributed by atoms with van der Waals surface area (Å²) in [5.41, 5.74) is 2.14. The van der Waals surface area contributed by atoms with Crippen molar-refractivity contribution in [2.24, 2.45) is 0 Å². The molecule has 2 N–H and O–H groups in total. The molecule has 190 valence electrons. The fourth-order valence-corrected chi connectivity index (χ4v) is 5.86. The summed E-state index contributed by atoms with van der Waals surface area (Å²) in [5, 5.41) is 15.2. The third kappa shape index (κ3) is 6.91. The lowest BCUT2D eigenvalue weighted by Crippen LogP contribution is -2.38. The van der Waals surface area contributed by atoms with E-state index in [9.17, 15) is 13.7 Å². The minimum atomic E-state index is -3.88. The van der Waals surface area contributed by atoms with E-state index in [1.807, 2.05) is 12.1 Å². The SMILES string of the molecule is COCCNS(=O)(=O)/C(C#N)=C/c1ccc(-c2ccc3cc(NCCN4CCOCC4)ccc3c2)s1. The van der Waals surface area contributed by atoms with Crippen molar-refractivity contribution in [3.05, 3.63) is 58.3 Å². The number of fused-ring (bicyclic) bond motifs is 1. The van der Waals surface area contributed by atoms with Crippen LogP contribution < -0.4 is 10.0 Å². The number of methoxy groups -OCH3 is 1. The van der Waals surface area contributed by atoms with Crippen LogP contribution in [0.5, 0.6) is 0 Å². The van der Waals surface area contributed by atoms with Gasteiger partial charge in [0, 0.05) is 55.3 Å². The summed E-state index contributed by atoms with van der Waals surface area (Å²) in [6, 6.07) is 18.2. The number of ether oxygens (including phenoxy) is 2. The molecule has 3 aromatic rings. The molecule has 0 radical (unpaired) electrons. The van der Waals surface area contributed by atoms with E-state index in [0.29, 0.717) is 4.88 Å². The van der Waals surface area contributed by atoms with Gasteiger partial charge in [-0.3, -0.25) is 4.90 Å². The molecule has 0 bridgehead atoms. The molecule has 8 nitrogen and oxygen atoms in total. The van der Waals surface area contributed by atoms with Gasteiger partial charge in [0.2, 0.25) is 0 Å². The summed E-state index contributed by atoms with van der Waals surface area (Å²) in [4.78, 5) is 3.77. The normalized spacial score (nSPS) is 15.2. The van der Waals surface area contributed by atoms with Crippen molar-refractivity contribution in [3.8, 4) is 16.5 Å². The minimum absolute atomic E-state index is 0.107. The van der Waals surface area contributed by atoms with Gasteiger partial charge in [-0.25, -0.2) is 13.1 Å². The van der Waals surface area contributed by atoms with Crippen molar-refractivity contribution in [2.45, 2.75) is 0 Å². The van der Waals surface area contributed by atoms with Crippen LogP contribution in [0, 0.1) is 11.3 Å². The van der Waals surface area contributed by atoms with Gasteiger partial charge in [0.05, 0.1) is 19.8 Å². The number of thiophene rings is 1. The summed E-state index contributed by atoms with van der Waals surface area (Å²) >= 11 is 1.44. The second-order valence-electron chi connectivity index (χ2n) is 8.37. The van der Waals surface area contributed by atoms with Crippen molar-refractivity contribution >= 4 is 43.9 Å². The van der Waals surface area contributed by atoms with Crippen LogP contribution in [-0.4, -0.2) is 73.0 Å². The van der Waals surface area contributed by atoms with E-state index in [1.54, 1.807) is 6.07 Å². The zero-order valence-corrected chi connectivity index (χ0v) is 21.8. The Balaban J connectivity index is 1.43. The van der Waals surface area contributed by atoms with Crippen molar-refractivity contribution in [3.63, 3.8) is 0 Å². The predicted molar refractivity (Wildman–Crippen MR) is 145 cm³/mol. The van der Waals surface area contributed by atoms with Crippen LogP contribution in [0.15, 0.2) is 53.4 Å². The van der Waals surface area contributed by atoms with E-state index in [1.165, 1.54) is 24.5 Å². The smallest absolute Gasteiger partial charge is 0.250 e. The van der Waals surface area contributed by atoms with Gasteiger partial charge in [0.1, 0.15) is 6.07 Å². The molecule has 0 amide bonds. The molecule has 10 heteroatoms. The highest BCUT2D eigenvalue weighted by Gasteiger charge is 2.17. The molecule has 36 heavy (non-hydrogen) atoms. The summed E-state index contributed by atoms with van der Waals surface area (Å²) < 4.78 is 37.4. The van der Waals surface area contributed by atoms with Gasteiger partial charge in [0.15, 0.2) is 4.91 Å². The Bertz CT molecular complexity index is 1360. The quantitative estimate of drug-likeness (QED) is 0.290. The number of sulfonamides is 1. The van der Waals surface area contributed by atoms with Gasteiger partial charge < -0.3 is 14.8 Å². The lowest BCUT2D eigenvalue weighted by Gasteiger charge is -2.26. The Morgan fingerprint density at radius 2 is 1.92 bits per heavy atom. The lowest BCUT2D eigenvalue weighted by atomic mass is 10.1. The monoisotopic (exact) mass is 526 g/mol. The molecule has 1 aliphatic rings. The number of nitrogens with one attached hydrogen (secondary N) is 2. The molecule has 0 unspecified atom stereocenters. The maximum absolute atomic E-state index is 12.4.